The monoisotopic (exact) mass is 271 g/mol. The predicted octanol–water partition coefficient (Wildman–Crippen LogP) is 2.79. The van der Waals surface area contributed by atoms with Gasteiger partial charge in [0.1, 0.15) is 11.6 Å². The maximum Gasteiger partial charge on any atom is 0.324 e. The number of thiophene rings is 1. The smallest absolute Gasteiger partial charge is 0.324 e. The van der Waals surface area contributed by atoms with E-state index in [1.54, 1.807) is 23.1 Å². The maximum atomic E-state index is 11.9. The molecule has 1 aliphatic heterocycles. The normalized spacial score (nSPS) is 24.9. The number of carbonyl (C=O) groups excluding carboxylic acids is 1. The molecule has 2 heterocycles. The zero-order valence-electron chi connectivity index (χ0n) is 10.2. The van der Waals surface area contributed by atoms with Crippen molar-refractivity contribution >= 4 is 29.1 Å². The van der Waals surface area contributed by atoms with Crippen molar-refractivity contribution in [1.82, 2.24) is 5.32 Å². The summed E-state index contributed by atoms with van der Waals surface area (Å²) >= 11 is 3.43. The molecule has 2 unspecified atom stereocenters. The Labute approximate surface area is 110 Å². The molecule has 0 amide bonds. The van der Waals surface area contributed by atoms with Gasteiger partial charge < -0.3 is 4.74 Å². The van der Waals surface area contributed by atoms with Gasteiger partial charge in [0.15, 0.2) is 0 Å². The molecule has 1 aromatic heterocycles. The third kappa shape index (κ3) is 3.47. The first-order valence-electron chi connectivity index (χ1n) is 5.58. The molecule has 0 saturated carbocycles. The van der Waals surface area contributed by atoms with E-state index in [9.17, 15) is 4.79 Å². The summed E-state index contributed by atoms with van der Waals surface area (Å²) in [6.07, 6.45) is 0. The van der Waals surface area contributed by atoms with Gasteiger partial charge in [0, 0.05) is 5.75 Å². The highest BCUT2D eigenvalue weighted by molar-refractivity contribution is 7.99. The number of hydrogen-bond donors (Lipinski definition) is 1. The van der Waals surface area contributed by atoms with Crippen molar-refractivity contribution in [3.8, 4) is 0 Å². The summed E-state index contributed by atoms with van der Waals surface area (Å²) in [7, 11) is 0. The zero-order valence-corrected chi connectivity index (χ0v) is 11.9. The molecule has 0 aromatic carbocycles. The minimum Gasteiger partial charge on any atom is -0.459 e. The van der Waals surface area contributed by atoms with Crippen molar-refractivity contribution < 1.29 is 9.53 Å². The van der Waals surface area contributed by atoms with Crippen LogP contribution in [-0.4, -0.2) is 23.4 Å². The first kappa shape index (κ1) is 12.9. The molecule has 1 aliphatic rings. The Morgan fingerprint density at radius 3 is 2.88 bits per heavy atom. The molecule has 94 valence electrons. The summed E-state index contributed by atoms with van der Waals surface area (Å²) in [5.74, 6) is 0.623. The molecule has 0 aliphatic carbocycles. The van der Waals surface area contributed by atoms with Crippen LogP contribution in [0, 0.1) is 0 Å². The Hall–Kier alpha value is -0.520. The molecule has 0 radical (unpaired) electrons. The van der Waals surface area contributed by atoms with Crippen LogP contribution in [0.2, 0.25) is 0 Å². The quantitative estimate of drug-likeness (QED) is 0.840. The summed E-state index contributed by atoms with van der Waals surface area (Å²) in [5.41, 5.74) is 0.829. The first-order valence-corrected chi connectivity index (χ1v) is 7.57. The highest BCUT2D eigenvalue weighted by atomic mass is 32.2. The SMILES string of the molecule is CC(C)(C)OC(=O)C1CSC(c2ccsc2)N1. The van der Waals surface area contributed by atoms with Gasteiger partial charge in [0.2, 0.25) is 0 Å². The number of rotatable bonds is 2. The summed E-state index contributed by atoms with van der Waals surface area (Å²) in [6, 6.07) is 1.90. The van der Waals surface area contributed by atoms with Crippen LogP contribution in [0.4, 0.5) is 0 Å². The van der Waals surface area contributed by atoms with Crippen LogP contribution in [0.3, 0.4) is 0 Å². The molecule has 1 aromatic rings. The van der Waals surface area contributed by atoms with E-state index in [-0.39, 0.29) is 17.4 Å². The van der Waals surface area contributed by atoms with Crippen molar-refractivity contribution in [2.45, 2.75) is 37.8 Å². The number of esters is 1. The molecular weight excluding hydrogens is 254 g/mol. The second-order valence-electron chi connectivity index (χ2n) is 5.02. The topological polar surface area (TPSA) is 38.3 Å². The van der Waals surface area contributed by atoms with Crippen molar-refractivity contribution in [2.24, 2.45) is 0 Å². The van der Waals surface area contributed by atoms with Crippen LogP contribution < -0.4 is 5.32 Å². The van der Waals surface area contributed by atoms with Crippen LogP contribution in [-0.2, 0) is 9.53 Å². The Morgan fingerprint density at radius 2 is 2.29 bits per heavy atom. The molecule has 0 bridgehead atoms. The second kappa shape index (κ2) is 5.00. The van der Waals surface area contributed by atoms with Crippen LogP contribution in [0.15, 0.2) is 16.8 Å². The van der Waals surface area contributed by atoms with Gasteiger partial charge >= 0.3 is 5.97 Å². The molecule has 1 saturated heterocycles. The molecular formula is C12H17NO2S2. The molecule has 1 N–H and O–H groups in total. The number of hydrogen-bond acceptors (Lipinski definition) is 5. The lowest BCUT2D eigenvalue weighted by Gasteiger charge is -2.22. The summed E-state index contributed by atoms with van der Waals surface area (Å²) in [6.45, 7) is 5.68. The van der Waals surface area contributed by atoms with E-state index in [1.165, 1.54) is 5.56 Å². The van der Waals surface area contributed by atoms with Gasteiger partial charge in [-0.05, 0) is 43.2 Å². The lowest BCUT2D eigenvalue weighted by molar-refractivity contribution is -0.156. The van der Waals surface area contributed by atoms with E-state index in [0.717, 1.165) is 5.75 Å². The largest absolute Gasteiger partial charge is 0.459 e. The standard InChI is InChI=1S/C12H17NO2S2/c1-12(2,3)15-11(14)9-7-17-10(13-9)8-4-5-16-6-8/h4-6,9-10,13H,7H2,1-3H3. The number of carbonyl (C=O) groups is 1. The van der Waals surface area contributed by atoms with Crippen LogP contribution >= 0.6 is 23.1 Å². The molecule has 1 fully saturated rings. The predicted molar refractivity (Wildman–Crippen MR) is 72.3 cm³/mol. The van der Waals surface area contributed by atoms with E-state index >= 15 is 0 Å². The molecule has 3 nitrogen and oxygen atoms in total. The van der Waals surface area contributed by atoms with E-state index in [0.29, 0.717) is 0 Å². The van der Waals surface area contributed by atoms with E-state index in [4.69, 9.17) is 4.74 Å². The van der Waals surface area contributed by atoms with Gasteiger partial charge in [-0.2, -0.15) is 11.3 Å². The van der Waals surface area contributed by atoms with Crippen molar-refractivity contribution in [3.05, 3.63) is 22.4 Å². The maximum absolute atomic E-state index is 11.9. The van der Waals surface area contributed by atoms with Crippen LogP contribution in [0.25, 0.3) is 0 Å². The Bertz CT molecular complexity index is 384. The lowest BCUT2D eigenvalue weighted by Crippen LogP contribution is -2.39. The fourth-order valence-corrected chi connectivity index (χ4v) is 3.59. The number of nitrogens with one attached hydrogen (secondary N) is 1. The average molecular weight is 271 g/mol. The fraction of sp³-hybridized carbons (Fsp3) is 0.583. The van der Waals surface area contributed by atoms with Gasteiger partial charge in [0.25, 0.3) is 0 Å². The highest BCUT2D eigenvalue weighted by Gasteiger charge is 2.33. The Kier molecular flexibility index (Phi) is 3.80. The van der Waals surface area contributed by atoms with Gasteiger partial charge in [-0.3, -0.25) is 10.1 Å². The van der Waals surface area contributed by atoms with E-state index < -0.39 is 5.60 Å². The van der Waals surface area contributed by atoms with E-state index in [1.807, 2.05) is 20.8 Å². The third-order valence-electron chi connectivity index (χ3n) is 2.32. The Morgan fingerprint density at radius 1 is 1.53 bits per heavy atom. The van der Waals surface area contributed by atoms with Crippen molar-refractivity contribution in [2.75, 3.05) is 5.75 Å². The van der Waals surface area contributed by atoms with E-state index in [2.05, 4.69) is 22.1 Å². The van der Waals surface area contributed by atoms with Crippen LogP contribution in [0.5, 0.6) is 0 Å². The minimum atomic E-state index is -0.413. The summed E-state index contributed by atoms with van der Waals surface area (Å²) in [4.78, 5) is 11.9. The minimum absolute atomic E-state index is 0.150. The zero-order chi connectivity index (χ0) is 12.5. The van der Waals surface area contributed by atoms with Crippen molar-refractivity contribution in [1.29, 1.82) is 0 Å². The third-order valence-corrected chi connectivity index (χ3v) is 4.29. The van der Waals surface area contributed by atoms with Gasteiger partial charge in [-0.15, -0.1) is 11.8 Å². The lowest BCUT2D eigenvalue weighted by atomic mass is 10.2. The molecule has 2 rings (SSSR count). The molecule has 0 spiro atoms. The highest BCUT2D eigenvalue weighted by Crippen LogP contribution is 2.34. The average Bonchev–Trinajstić information content (AvgIpc) is 2.86. The van der Waals surface area contributed by atoms with Gasteiger partial charge in [-0.25, -0.2) is 0 Å². The first-order chi connectivity index (χ1) is 7.96. The molecule has 5 heteroatoms. The van der Waals surface area contributed by atoms with Crippen LogP contribution in [0.1, 0.15) is 31.7 Å². The fourth-order valence-electron chi connectivity index (χ4n) is 1.60. The summed E-state index contributed by atoms with van der Waals surface area (Å²) in [5, 5.41) is 7.70. The molecule has 17 heavy (non-hydrogen) atoms. The van der Waals surface area contributed by atoms with Gasteiger partial charge in [-0.1, -0.05) is 0 Å². The second-order valence-corrected chi connectivity index (χ2v) is 6.94. The molecule has 2 atom stereocenters. The van der Waals surface area contributed by atoms with Gasteiger partial charge in [0.05, 0.1) is 5.37 Å². The number of thioether (sulfide) groups is 1. The number of ether oxygens (including phenoxy) is 1. The summed E-state index contributed by atoms with van der Waals surface area (Å²) < 4.78 is 5.38. The Balaban J connectivity index is 1.92. The van der Waals surface area contributed by atoms with Crippen molar-refractivity contribution in [3.63, 3.8) is 0 Å².